The van der Waals surface area contributed by atoms with Crippen molar-refractivity contribution in [1.29, 1.82) is 5.41 Å². The van der Waals surface area contributed by atoms with E-state index in [0.717, 1.165) is 28.9 Å². The number of nitrogens with one attached hydrogen (secondary N) is 1. The standard InChI is InChI=1S/C17H14INO2/c1-10-8-15-13(9-14(10)18)17(6-7-20-15)12-5-3-2-4-11(12)16(19)21-17/h2-5,8-9,19H,6-7H2,1H3. The third-order valence-electron chi connectivity index (χ3n) is 4.29. The second-order valence-electron chi connectivity index (χ2n) is 5.50. The first-order valence-corrected chi connectivity index (χ1v) is 8.00. The predicted octanol–water partition coefficient (Wildman–Crippen LogP) is 3.98. The van der Waals surface area contributed by atoms with Crippen LogP contribution in [-0.2, 0) is 10.3 Å². The van der Waals surface area contributed by atoms with Gasteiger partial charge >= 0.3 is 0 Å². The maximum absolute atomic E-state index is 8.16. The van der Waals surface area contributed by atoms with E-state index in [1.54, 1.807) is 0 Å². The molecular formula is C17H14INO2. The molecule has 1 atom stereocenters. The van der Waals surface area contributed by atoms with Crippen molar-refractivity contribution < 1.29 is 9.47 Å². The van der Waals surface area contributed by atoms with Gasteiger partial charge in [-0.25, -0.2) is 0 Å². The molecule has 0 saturated heterocycles. The lowest BCUT2D eigenvalue weighted by Gasteiger charge is -2.35. The fraction of sp³-hybridized carbons (Fsp3) is 0.235. The van der Waals surface area contributed by atoms with Gasteiger partial charge in [0.1, 0.15) is 5.75 Å². The average Bonchev–Trinajstić information content (AvgIpc) is 2.76. The summed E-state index contributed by atoms with van der Waals surface area (Å²) in [4.78, 5) is 0. The fourth-order valence-corrected chi connectivity index (χ4v) is 3.70. The van der Waals surface area contributed by atoms with E-state index in [4.69, 9.17) is 14.9 Å². The molecule has 4 rings (SSSR count). The predicted molar refractivity (Wildman–Crippen MR) is 89.1 cm³/mol. The van der Waals surface area contributed by atoms with E-state index in [-0.39, 0.29) is 5.90 Å². The number of rotatable bonds is 0. The fourth-order valence-electron chi connectivity index (χ4n) is 3.23. The van der Waals surface area contributed by atoms with Crippen LogP contribution in [-0.4, -0.2) is 12.5 Å². The van der Waals surface area contributed by atoms with Gasteiger partial charge < -0.3 is 9.47 Å². The Morgan fingerprint density at radius 2 is 2.00 bits per heavy atom. The zero-order chi connectivity index (χ0) is 14.6. The van der Waals surface area contributed by atoms with Crippen molar-refractivity contribution in [1.82, 2.24) is 0 Å². The smallest absolute Gasteiger partial charge is 0.214 e. The molecule has 0 bridgehead atoms. The first-order valence-electron chi connectivity index (χ1n) is 6.93. The SMILES string of the molecule is Cc1cc2c(cc1I)C1(CCO2)OC(=N)c2ccccc21. The van der Waals surface area contributed by atoms with Gasteiger partial charge in [0.25, 0.3) is 0 Å². The zero-order valence-electron chi connectivity index (χ0n) is 11.6. The van der Waals surface area contributed by atoms with E-state index in [1.807, 2.05) is 18.2 Å². The van der Waals surface area contributed by atoms with E-state index in [1.165, 1.54) is 9.13 Å². The minimum atomic E-state index is -0.561. The molecule has 1 N–H and O–H groups in total. The molecule has 3 nitrogen and oxygen atoms in total. The molecule has 2 heterocycles. The van der Waals surface area contributed by atoms with Gasteiger partial charge in [-0.1, -0.05) is 18.2 Å². The average molecular weight is 391 g/mol. The van der Waals surface area contributed by atoms with Crippen molar-refractivity contribution >= 4 is 28.5 Å². The molecule has 0 aromatic heterocycles. The molecule has 0 fully saturated rings. The molecule has 1 spiro atoms. The molecule has 2 aliphatic heterocycles. The van der Waals surface area contributed by atoms with Gasteiger partial charge in [0.05, 0.1) is 6.61 Å². The van der Waals surface area contributed by atoms with Gasteiger partial charge in [-0.05, 0) is 53.3 Å². The topological polar surface area (TPSA) is 42.3 Å². The number of benzene rings is 2. The minimum absolute atomic E-state index is 0.258. The van der Waals surface area contributed by atoms with Crippen molar-refractivity contribution in [2.24, 2.45) is 0 Å². The quantitative estimate of drug-likeness (QED) is 0.691. The monoisotopic (exact) mass is 391 g/mol. The Kier molecular flexibility index (Phi) is 2.79. The molecule has 2 aliphatic rings. The summed E-state index contributed by atoms with van der Waals surface area (Å²) in [6.45, 7) is 2.69. The number of halogens is 1. The Morgan fingerprint density at radius 3 is 2.86 bits per heavy atom. The van der Waals surface area contributed by atoms with Crippen LogP contribution in [0.4, 0.5) is 0 Å². The lowest BCUT2D eigenvalue weighted by Crippen LogP contribution is -2.34. The number of hydrogen-bond donors (Lipinski definition) is 1. The van der Waals surface area contributed by atoms with Gasteiger partial charge in [-0.15, -0.1) is 0 Å². The highest BCUT2D eigenvalue weighted by Crippen LogP contribution is 2.50. The van der Waals surface area contributed by atoms with Crippen LogP contribution < -0.4 is 4.74 Å². The number of hydrogen-bond acceptors (Lipinski definition) is 3. The molecule has 0 radical (unpaired) electrons. The summed E-state index contributed by atoms with van der Waals surface area (Å²) < 4.78 is 13.1. The highest BCUT2D eigenvalue weighted by atomic mass is 127. The molecule has 0 saturated carbocycles. The van der Waals surface area contributed by atoms with E-state index >= 15 is 0 Å². The maximum Gasteiger partial charge on any atom is 0.214 e. The lowest BCUT2D eigenvalue weighted by molar-refractivity contribution is 0.0595. The van der Waals surface area contributed by atoms with Crippen LogP contribution in [0.2, 0.25) is 0 Å². The minimum Gasteiger partial charge on any atom is -0.493 e. The van der Waals surface area contributed by atoms with Crippen LogP contribution in [0.25, 0.3) is 0 Å². The Bertz CT molecular complexity index is 771. The highest BCUT2D eigenvalue weighted by Gasteiger charge is 2.48. The van der Waals surface area contributed by atoms with Gasteiger partial charge in [0.2, 0.25) is 5.90 Å². The normalized spacial score (nSPS) is 22.5. The van der Waals surface area contributed by atoms with Crippen molar-refractivity contribution in [2.75, 3.05) is 6.61 Å². The summed E-state index contributed by atoms with van der Waals surface area (Å²) in [7, 11) is 0. The first kappa shape index (κ1) is 13.1. The van der Waals surface area contributed by atoms with Crippen molar-refractivity contribution in [2.45, 2.75) is 18.9 Å². The number of aryl methyl sites for hydroxylation is 1. The van der Waals surface area contributed by atoms with Crippen molar-refractivity contribution in [3.63, 3.8) is 0 Å². The second kappa shape index (κ2) is 4.47. The van der Waals surface area contributed by atoms with Crippen molar-refractivity contribution in [3.05, 3.63) is 62.2 Å². The molecular weight excluding hydrogens is 377 g/mol. The van der Waals surface area contributed by atoms with E-state index in [2.05, 4.69) is 47.7 Å². The van der Waals surface area contributed by atoms with Gasteiger partial charge in [-0.3, -0.25) is 5.41 Å². The molecule has 2 aromatic rings. The molecule has 0 amide bonds. The maximum atomic E-state index is 8.16. The Morgan fingerprint density at radius 1 is 1.19 bits per heavy atom. The van der Waals surface area contributed by atoms with Crippen molar-refractivity contribution in [3.8, 4) is 5.75 Å². The van der Waals surface area contributed by atoms with Crippen LogP contribution in [0.3, 0.4) is 0 Å². The first-order chi connectivity index (χ1) is 10.1. The lowest BCUT2D eigenvalue weighted by atomic mass is 9.81. The molecule has 4 heteroatoms. The zero-order valence-corrected chi connectivity index (χ0v) is 13.7. The number of fused-ring (bicyclic) bond motifs is 4. The largest absolute Gasteiger partial charge is 0.493 e. The Hall–Kier alpha value is -1.56. The van der Waals surface area contributed by atoms with Crippen LogP contribution in [0.1, 0.15) is 28.7 Å². The third-order valence-corrected chi connectivity index (χ3v) is 5.45. The molecule has 1 unspecified atom stereocenters. The summed E-state index contributed by atoms with van der Waals surface area (Å²) in [5.74, 6) is 1.14. The van der Waals surface area contributed by atoms with Crippen LogP contribution in [0.15, 0.2) is 36.4 Å². The van der Waals surface area contributed by atoms with Crippen LogP contribution in [0.5, 0.6) is 5.75 Å². The molecule has 0 aliphatic carbocycles. The highest BCUT2D eigenvalue weighted by molar-refractivity contribution is 14.1. The molecule has 21 heavy (non-hydrogen) atoms. The summed E-state index contributed by atoms with van der Waals surface area (Å²) in [5, 5.41) is 8.16. The Balaban J connectivity index is 2.01. The van der Waals surface area contributed by atoms with Gasteiger partial charge in [0, 0.05) is 26.7 Å². The molecule has 2 aromatic carbocycles. The summed E-state index contributed by atoms with van der Waals surface area (Å²) in [6, 6.07) is 12.2. The van der Waals surface area contributed by atoms with E-state index in [0.29, 0.717) is 6.61 Å². The van der Waals surface area contributed by atoms with Crippen LogP contribution in [0, 0.1) is 15.9 Å². The summed E-state index contributed by atoms with van der Waals surface area (Å²) in [6.07, 6.45) is 0.735. The van der Waals surface area contributed by atoms with Gasteiger partial charge in [0.15, 0.2) is 5.60 Å². The third kappa shape index (κ3) is 1.75. The number of ether oxygens (including phenoxy) is 2. The summed E-state index contributed by atoms with van der Waals surface area (Å²) >= 11 is 2.34. The molecule has 106 valence electrons. The summed E-state index contributed by atoms with van der Waals surface area (Å²) in [5.41, 5.74) is 3.65. The Labute approximate surface area is 136 Å². The van der Waals surface area contributed by atoms with E-state index in [9.17, 15) is 0 Å². The van der Waals surface area contributed by atoms with E-state index < -0.39 is 5.60 Å². The van der Waals surface area contributed by atoms with Gasteiger partial charge in [-0.2, -0.15) is 0 Å². The van der Waals surface area contributed by atoms with Crippen LogP contribution >= 0.6 is 22.6 Å². The second-order valence-corrected chi connectivity index (χ2v) is 6.66.